The van der Waals surface area contributed by atoms with Crippen LogP contribution in [-0.2, 0) is 90.3 Å². The second-order valence-corrected chi connectivity index (χ2v) is 25.0. The van der Waals surface area contributed by atoms with Gasteiger partial charge in [-0.2, -0.15) is 27.6 Å². The van der Waals surface area contributed by atoms with Crippen molar-refractivity contribution < 1.29 is 57.5 Å². The Labute approximate surface area is 620 Å². The van der Waals surface area contributed by atoms with E-state index in [0.29, 0.717) is 19.3 Å². The van der Waals surface area contributed by atoms with Crippen LogP contribution in [-0.4, -0.2) is 270 Å². The molecule has 7 rings (SSSR count). The van der Waals surface area contributed by atoms with Gasteiger partial charge >= 0.3 is 22.8 Å². The lowest BCUT2D eigenvalue weighted by Gasteiger charge is -2.26. The van der Waals surface area contributed by atoms with E-state index < -0.39 is 228 Å². The maximum atomic E-state index is 14.2. The SMILES string of the molecule is Cc1cn(CC(=O)N2CCNC(=O)CN(C(=O)Cn3ccc(N)nc3=O)CCNC(=O)CN(C(=O)Cn3cnc4c(=O)[nH]c(N)nc43)CCNC(=O)CN(C(=O)Cn3ccc(N)nc3=O)CCNC(=O)CCCCCNC(=O)[C@H](CS)NC(=O)CN(C(=O)Cn3cc(C)c(=O)[nH]c3=O)CCNC(=O)C2)c(=O)[nH]c1=O. The van der Waals surface area contributed by atoms with Crippen LogP contribution < -0.4 is 93.9 Å². The van der Waals surface area contributed by atoms with Crippen LogP contribution in [0.15, 0.2) is 76.8 Å². The Morgan fingerprint density at radius 1 is 0.440 bits per heavy atom. The van der Waals surface area contributed by atoms with Crippen LogP contribution in [0.3, 0.4) is 0 Å². The van der Waals surface area contributed by atoms with E-state index in [1.54, 1.807) is 0 Å². The number of rotatable bonds is 11. The number of nitrogen functional groups attached to an aromatic ring is 3. The van der Waals surface area contributed by atoms with Crippen molar-refractivity contribution in [2.75, 3.05) is 128 Å². The standard InChI is InChI=1S/C62H83N27O19S/c1-36-22-87(61(107)78-54(36)101)31-49(98)82-19-12-68-43(92)25-81(48(97)30-86-16-8-40(64)75-60(86)106)18-11-67-45(94)27-83(51(100)33-89-35-72-52-53(89)76-58(65)77-57(52)104)20-13-69-42(91)24-80(47(96)29-85-15-7-39(63)74-59(85)105)17-10-66-41(90)6-4-3-5-9-71-56(103)38(34-109)73-46(95)28-84(21-14-70-44(93)26-82)50(99)32-88-23-37(2)55(102)79-62(88)108/h7-8,15-16,22-23,35,38,109H,3-6,9-14,17-21,24-34H2,1-2H3,(H,66,90)(H,67,94)(H,68,92)(H,69,91)(H,70,93)(H,71,103)(H,73,95)(H2,63,74,105)(H2,64,75,106)(H,78,101,107)(H,79,102,108)(H3,65,76,77,104)/t38-/m0/s1. The van der Waals surface area contributed by atoms with E-state index in [9.17, 15) is 91.1 Å². The minimum absolute atomic E-state index is 0.0298. The molecule has 47 heteroatoms. The number of H-pyrrole nitrogens is 3. The Morgan fingerprint density at radius 3 is 1.21 bits per heavy atom. The van der Waals surface area contributed by atoms with Gasteiger partial charge in [-0.1, -0.05) is 6.42 Å². The van der Waals surface area contributed by atoms with Crippen molar-refractivity contribution >= 4 is 112 Å². The van der Waals surface area contributed by atoms with Gasteiger partial charge in [0.15, 0.2) is 11.2 Å². The third-order valence-corrected chi connectivity index (χ3v) is 16.7. The van der Waals surface area contributed by atoms with Crippen LogP contribution in [0.25, 0.3) is 11.2 Å². The predicted molar refractivity (Wildman–Crippen MR) is 386 cm³/mol. The van der Waals surface area contributed by atoms with Gasteiger partial charge in [0.05, 0.1) is 39.1 Å². The summed E-state index contributed by atoms with van der Waals surface area (Å²) in [5.74, 6) is -10.8. The number of carbonyl (C=O) groups is 12. The summed E-state index contributed by atoms with van der Waals surface area (Å²) >= 11 is 4.23. The summed E-state index contributed by atoms with van der Waals surface area (Å²) in [6.07, 6.45) is 6.69. The van der Waals surface area contributed by atoms with Crippen molar-refractivity contribution in [1.29, 1.82) is 0 Å². The molecule has 1 atom stereocenters. The second kappa shape index (κ2) is 39.8. The quantitative estimate of drug-likeness (QED) is 0.0536. The summed E-state index contributed by atoms with van der Waals surface area (Å²) in [5.41, 5.74) is 10.8. The number of aromatic amines is 3. The largest absolute Gasteiger partial charge is 0.383 e. The molecule has 0 radical (unpaired) electrons. The van der Waals surface area contributed by atoms with Crippen molar-refractivity contribution in [2.24, 2.45) is 0 Å². The van der Waals surface area contributed by atoms with Crippen LogP contribution in [0.4, 0.5) is 17.6 Å². The number of nitrogens with zero attached hydrogens (tertiary/aromatic N) is 14. The average Bonchev–Trinajstić information content (AvgIpc) is 1.68. The van der Waals surface area contributed by atoms with Gasteiger partial charge in [0.25, 0.3) is 16.7 Å². The fourth-order valence-electron chi connectivity index (χ4n) is 10.6. The molecular formula is C62H83N27O19S. The molecule has 0 spiro atoms. The number of anilines is 3. The number of thiol groups is 1. The van der Waals surface area contributed by atoms with Gasteiger partial charge < -0.3 is 83.5 Å². The zero-order valence-electron chi connectivity index (χ0n) is 59.2. The molecule has 16 N–H and O–H groups in total. The Hall–Kier alpha value is -13.1. The number of fused-ring (bicyclic) bond motifs is 1. The molecule has 0 saturated carbocycles. The zero-order chi connectivity index (χ0) is 79.6. The number of aromatic nitrogens is 12. The van der Waals surface area contributed by atoms with Crippen molar-refractivity contribution in [3.8, 4) is 0 Å². The van der Waals surface area contributed by atoms with Crippen LogP contribution in [0, 0.1) is 13.8 Å². The van der Waals surface area contributed by atoms with Gasteiger partial charge in [-0.15, -0.1) is 0 Å². The molecule has 6 aromatic heterocycles. The van der Waals surface area contributed by atoms with Crippen LogP contribution in [0.2, 0.25) is 0 Å². The molecule has 1 aliphatic heterocycles. The number of aryl methyl sites for hydroxylation is 2. The number of nitrogens with one attached hydrogen (secondary N) is 10. The number of nitrogens with two attached hydrogens (primary N) is 3. The molecule has 6 aromatic rings. The fourth-order valence-corrected chi connectivity index (χ4v) is 10.8. The topological polar surface area (TPSA) is 626 Å². The van der Waals surface area contributed by atoms with Gasteiger partial charge in [-0.3, -0.25) is 105 Å². The first-order valence-electron chi connectivity index (χ1n) is 33.7. The number of hydrogen-bond acceptors (Lipinski definition) is 27. The molecule has 46 nitrogen and oxygen atoms in total. The fraction of sp³-hybridized carbons (Fsp3) is 0.468. The van der Waals surface area contributed by atoms with Crippen molar-refractivity contribution in [1.82, 2.24) is 119 Å². The molecule has 0 aliphatic carbocycles. The first-order valence-corrected chi connectivity index (χ1v) is 34.4. The van der Waals surface area contributed by atoms with E-state index in [1.165, 1.54) is 36.7 Å². The Kier molecular flexibility index (Phi) is 30.4. The van der Waals surface area contributed by atoms with Gasteiger partial charge in [0.2, 0.25) is 76.8 Å². The van der Waals surface area contributed by atoms with Crippen molar-refractivity contribution in [3.05, 3.63) is 127 Å². The summed E-state index contributed by atoms with van der Waals surface area (Å²) < 4.78 is 4.67. The molecule has 7 heterocycles. The number of amides is 12. The van der Waals surface area contributed by atoms with E-state index in [-0.39, 0.29) is 78.2 Å². The molecule has 12 amide bonds. The van der Waals surface area contributed by atoms with Crippen LogP contribution in [0.1, 0.15) is 36.8 Å². The molecule has 586 valence electrons. The normalized spacial score (nSPS) is 16.5. The van der Waals surface area contributed by atoms with Gasteiger partial charge in [-0.05, 0) is 38.8 Å². The van der Waals surface area contributed by atoms with E-state index in [2.05, 4.69) is 84.7 Å². The number of imidazole rings is 1. The third-order valence-electron chi connectivity index (χ3n) is 16.4. The van der Waals surface area contributed by atoms with Gasteiger partial charge in [0, 0.05) is 120 Å². The number of carbonyl (C=O) groups excluding carboxylic acids is 12. The summed E-state index contributed by atoms with van der Waals surface area (Å²) in [5, 5.41) is 18.0. The maximum absolute atomic E-state index is 14.2. The molecule has 1 fully saturated rings. The van der Waals surface area contributed by atoms with Gasteiger partial charge in [0.1, 0.15) is 50.4 Å². The van der Waals surface area contributed by atoms with Gasteiger partial charge in [-0.25, -0.2) is 24.2 Å². The molecule has 0 unspecified atom stereocenters. The monoisotopic (exact) mass is 1540 g/mol. The highest BCUT2D eigenvalue weighted by atomic mass is 32.1. The number of hydrogen-bond donors (Lipinski definition) is 14. The first-order chi connectivity index (χ1) is 51.8. The molecule has 0 aromatic carbocycles. The molecular weight excluding hydrogens is 1460 g/mol. The summed E-state index contributed by atoms with van der Waals surface area (Å²) in [7, 11) is 0. The molecule has 109 heavy (non-hydrogen) atoms. The first kappa shape index (κ1) is 83.1. The summed E-state index contributed by atoms with van der Waals surface area (Å²) in [6, 6.07) is 1.20. The highest BCUT2D eigenvalue weighted by Crippen LogP contribution is 2.09. The molecule has 1 aliphatic rings. The minimum atomic E-state index is -1.28. The Balaban J connectivity index is 1.15. The predicted octanol–water partition coefficient (Wildman–Crippen LogP) is -11.1. The van der Waals surface area contributed by atoms with Crippen molar-refractivity contribution in [2.45, 2.75) is 78.3 Å². The molecule has 0 bridgehead atoms. The zero-order valence-corrected chi connectivity index (χ0v) is 60.1. The van der Waals surface area contributed by atoms with E-state index in [4.69, 9.17) is 17.2 Å². The smallest absolute Gasteiger partial charge is 0.349 e. The van der Waals surface area contributed by atoms with E-state index in [1.807, 2.05) is 0 Å². The van der Waals surface area contributed by atoms with E-state index in [0.717, 1.165) is 67.7 Å². The lowest BCUT2D eigenvalue weighted by molar-refractivity contribution is -0.138. The third kappa shape index (κ3) is 25.6. The van der Waals surface area contributed by atoms with Crippen molar-refractivity contribution in [3.63, 3.8) is 0 Å². The molecule has 1 saturated heterocycles. The van der Waals surface area contributed by atoms with Crippen LogP contribution >= 0.6 is 12.6 Å². The maximum Gasteiger partial charge on any atom is 0.349 e. The summed E-state index contributed by atoms with van der Waals surface area (Å²) in [4.78, 5) is 281. The average molecular weight is 1540 g/mol. The summed E-state index contributed by atoms with van der Waals surface area (Å²) in [6.45, 7) is -8.59. The Bertz CT molecular complexity index is 4850. The van der Waals surface area contributed by atoms with E-state index >= 15 is 0 Å². The highest BCUT2D eigenvalue weighted by molar-refractivity contribution is 7.80. The Morgan fingerprint density at radius 2 is 0.817 bits per heavy atom. The highest BCUT2D eigenvalue weighted by Gasteiger charge is 2.28. The minimum Gasteiger partial charge on any atom is -0.383 e. The lowest BCUT2D eigenvalue weighted by Crippen LogP contribution is -2.52. The second-order valence-electron chi connectivity index (χ2n) is 24.7. The van der Waals surface area contributed by atoms with Crippen LogP contribution in [0.5, 0.6) is 0 Å². The lowest BCUT2D eigenvalue weighted by atomic mass is 10.2.